The van der Waals surface area contributed by atoms with Crippen molar-refractivity contribution in [3.63, 3.8) is 0 Å². The van der Waals surface area contributed by atoms with E-state index >= 15 is 0 Å². The number of anilines is 1. The van der Waals surface area contributed by atoms with Crippen LogP contribution in [0.15, 0.2) is 24.3 Å². The number of hydrogen-bond acceptors (Lipinski definition) is 5. The Morgan fingerprint density at radius 3 is 2.95 bits per heavy atom. The molecule has 2 N–H and O–H groups in total. The van der Waals surface area contributed by atoms with Crippen LogP contribution < -0.4 is 5.32 Å². The quantitative estimate of drug-likeness (QED) is 0.811. The van der Waals surface area contributed by atoms with Gasteiger partial charge >= 0.3 is 5.97 Å². The van der Waals surface area contributed by atoms with Gasteiger partial charge in [0, 0.05) is 5.39 Å². The summed E-state index contributed by atoms with van der Waals surface area (Å²) in [5.74, 6) is -0.894. The van der Waals surface area contributed by atoms with Gasteiger partial charge < -0.3 is 10.4 Å². The Labute approximate surface area is 112 Å². The summed E-state index contributed by atoms with van der Waals surface area (Å²) in [6.45, 7) is 0. The molecule has 1 aliphatic heterocycles. The van der Waals surface area contributed by atoms with Crippen molar-refractivity contribution in [1.82, 2.24) is 9.55 Å². The second-order valence-corrected chi connectivity index (χ2v) is 4.59. The molecule has 0 aliphatic carbocycles. The first-order chi connectivity index (χ1) is 9.08. The van der Waals surface area contributed by atoms with Crippen LogP contribution in [-0.4, -0.2) is 32.6 Å². The third kappa shape index (κ3) is 1.78. The van der Waals surface area contributed by atoms with Crippen molar-refractivity contribution < 1.29 is 14.7 Å². The van der Waals surface area contributed by atoms with E-state index in [2.05, 4.69) is 10.3 Å². The minimum Gasteiger partial charge on any atom is -0.481 e. The Hall–Kier alpha value is -2.28. The Kier molecular flexibility index (Phi) is 2.56. The molecule has 2 heterocycles. The van der Waals surface area contributed by atoms with Gasteiger partial charge in [0.05, 0.1) is 11.9 Å². The van der Waals surface area contributed by atoms with E-state index in [9.17, 15) is 9.59 Å². The van der Waals surface area contributed by atoms with Crippen LogP contribution in [0, 0.1) is 4.77 Å². The molecular weight excluding hydrogens is 266 g/mol. The highest BCUT2D eigenvalue weighted by Crippen LogP contribution is 2.28. The second-order valence-electron chi connectivity index (χ2n) is 4.23. The van der Waals surface area contributed by atoms with Gasteiger partial charge in [-0.25, -0.2) is 9.55 Å². The number of rotatable bonds is 2. The molecule has 1 atom stereocenters. The number of aromatic nitrogens is 2. The van der Waals surface area contributed by atoms with E-state index in [1.807, 2.05) is 18.2 Å². The lowest BCUT2D eigenvalue weighted by Gasteiger charge is -2.05. The molecule has 0 fully saturated rings. The van der Waals surface area contributed by atoms with Crippen LogP contribution in [0.2, 0.25) is 0 Å². The smallest absolute Gasteiger partial charge is 0.305 e. The number of benzene rings is 1. The van der Waals surface area contributed by atoms with Gasteiger partial charge in [0.15, 0.2) is 0 Å². The number of aliphatic carboxylic acids is 1. The highest BCUT2D eigenvalue weighted by molar-refractivity contribution is 7.71. The lowest BCUT2D eigenvalue weighted by molar-refractivity contribution is -0.137. The average molecular weight is 275 g/mol. The molecule has 0 saturated carbocycles. The van der Waals surface area contributed by atoms with Crippen molar-refractivity contribution in [1.29, 1.82) is 0 Å². The van der Waals surface area contributed by atoms with Gasteiger partial charge in [-0.3, -0.25) is 9.59 Å². The maximum absolute atomic E-state index is 12.1. The van der Waals surface area contributed by atoms with E-state index < -0.39 is 12.0 Å². The number of nitrogens with one attached hydrogen (secondary N) is 1. The number of carboxylic acids is 1. The van der Waals surface area contributed by atoms with Gasteiger partial charge in [0.25, 0.3) is 5.91 Å². The second kappa shape index (κ2) is 4.13. The van der Waals surface area contributed by atoms with Crippen LogP contribution in [0.4, 0.5) is 5.82 Å². The summed E-state index contributed by atoms with van der Waals surface area (Å²) in [7, 11) is 0. The number of para-hydroxylation sites is 1. The molecule has 2 aromatic rings. The SMILES string of the molecule is O=C(O)C[C@H]1Nc2c3ccccc3nc(=S)n2C1=O. The third-order valence-electron chi connectivity index (χ3n) is 3.00. The largest absolute Gasteiger partial charge is 0.481 e. The maximum atomic E-state index is 12.1. The third-order valence-corrected chi connectivity index (χ3v) is 3.27. The molecule has 3 rings (SSSR count). The van der Waals surface area contributed by atoms with Crippen molar-refractivity contribution in [3.8, 4) is 0 Å². The zero-order chi connectivity index (χ0) is 13.6. The molecule has 1 aliphatic rings. The number of carbonyl (C=O) groups excluding carboxylic acids is 1. The molecule has 0 saturated heterocycles. The maximum Gasteiger partial charge on any atom is 0.305 e. The standard InChI is InChI=1S/C12H9N3O3S/c16-9(17)5-8-11(18)15-10(13-8)6-3-1-2-4-7(6)14-12(15)19/h1-4,8,13H,5H2,(H,16,17)/t8-/m1/s1. The minimum atomic E-state index is -1.04. The fraction of sp³-hybridized carbons (Fsp3) is 0.167. The predicted molar refractivity (Wildman–Crippen MR) is 70.9 cm³/mol. The van der Waals surface area contributed by atoms with Crippen molar-refractivity contribution in [2.75, 3.05) is 5.32 Å². The number of carboxylic acid groups (broad SMARTS) is 1. The fourth-order valence-electron chi connectivity index (χ4n) is 2.18. The Balaban J connectivity index is 2.21. The van der Waals surface area contributed by atoms with E-state index in [1.165, 1.54) is 4.57 Å². The van der Waals surface area contributed by atoms with Gasteiger partial charge in [-0.1, -0.05) is 12.1 Å². The molecule has 0 unspecified atom stereocenters. The summed E-state index contributed by atoms with van der Waals surface area (Å²) >= 11 is 5.09. The Morgan fingerprint density at radius 1 is 1.47 bits per heavy atom. The average Bonchev–Trinajstić information content (AvgIpc) is 2.67. The van der Waals surface area contributed by atoms with Crippen LogP contribution >= 0.6 is 12.2 Å². The van der Waals surface area contributed by atoms with E-state index in [4.69, 9.17) is 17.3 Å². The van der Waals surface area contributed by atoms with Crippen molar-refractivity contribution in [2.24, 2.45) is 0 Å². The molecule has 0 radical (unpaired) electrons. The van der Waals surface area contributed by atoms with Gasteiger partial charge in [-0.2, -0.15) is 0 Å². The summed E-state index contributed by atoms with van der Waals surface area (Å²) in [5, 5.41) is 12.5. The van der Waals surface area contributed by atoms with Crippen LogP contribution in [0.25, 0.3) is 10.9 Å². The molecule has 6 nitrogen and oxygen atoms in total. The molecule has 96 valence electrons. The first-order valence-corrected chi connectivity index (χ1v) is 6.03. The van der Waals surface area contributed by atoms with Gasteiger partial charge in [-0.05, 0) is 24.4 Å². The van der Waals surface area contributed by atoms with Crippen LogP contribution in [0.3, 0.4) is 0 Å². The molecule has 7 heteroatoms. The summed E-state index contributed by atoms with van der Waals surface area (Å²) in [6.07, 6.45) is -0.288. The zero-order valence-electron chi connectivity index (χ0n) is 9.66. The molecule has 0 spiro atoms. The lowest BCUT2D eigenvalue weighted by atomic mass is 10.2. The summed E-state index contributed by atoms with van der Waals surface area (Å²) in [6, 6.07) is 6.46. The molecule has 0 bridgehead atoms. The first-order valence-electron chi connectivity index (χ1n) is 5.62. The molecule has 1 aromatic heterocycles. The number of fused-ring (bicyclic) bond motifs is 3. The topological polar surface area (TPSA) is 84.2 Å². The fourth-order valence-corrected chi connectivity index (χ4v) is 2.46. The summed E-state index contributed by atoms with van der Waals surface area (Å²) < 4.78 is 1.41. The Morgan fingerprint density at radius 2 is 2.21 bits per heavy atom. The summed E-state index contributed by atoms with van der Waals surface area (Å²) in [5.41, 5.74) is 0.676. The number of carbonyl (C=O) groups is 2. The normalized spacial score (nSPS) is 17.3. The lowest BCUT2D eigenvalue weighted by Crippen LogP contribution is -2.27. The molecule has 1 aromatic carbocycles. The van der Waals surface area contributed by atoms with Gasteiger partial charge in [0.2, 0.25) is 4.77 Å². The van der Waals surface area contributed by atoms with Gasteiger partial charge in [-0.15, -0.1) is 0 Å². The van der Waals surface area contributed by atoms with E-state index in [0.29, 0.717) is 11.3 Å². The van der Waals surface area contributed by atoms with Crippen molar-refractivity contribution in [2.45, 2.75) is 12.5 Å². The predicted octanol–water partition coefficient (Wildman–Crippen LogP) is 1.67. The Bertz CT molecular complexity index is 768. The molecule has 19 heavy (non-hydrogen) atoms. The van der Waals surface area contributed by atoms with Crippen LogP contribution in [0.5, 0.6) is 0 Å². The van der Waals surface area contributed by atoms with E-state index in [1.54, 1.807) is 6.07 Å². The van der Waals surface area contributed by atoms with Crippen molar-refractivity contribution >= 4 is 40.8 Å². The monoisotopic (exact) mass is 275 g/mol. The van der Waals surface area contributed by atoms with E-state index in [-0.39, 0.29) is 17.1 Å². The molecule has 0 amide bonds. The van der Waals surface area contributed by atoms with Gasteiger partial charge in [0.1, 0.15) is 11.9 Å². The highest BCUT2D eigenvalue weighted by atomic mass is 32.1. The first kappa shape index (κ1) is 11.8. The van der Waals surface area contributed by atoms with Crippen LogP contribution in [-0.2, 0) is 4.79 Å². The number of nitrogens with zero attached hydrogens (tertiary/aromatic N) is 2. The highest BCUT2D eigenvalue weighted by Gasteiger charge is 2.33. The number of hydrogen-bond donors (Lipinski definition) is 2. The minimum absolute atomic E-state index is 0.138. The van der Waals surface area contributed by atoms with E-state index in [0.717, 1.165) is 5.39 Å². The van der Waals surface area contributed by atoms with Crippen molar-refractivity contribution in [3.05, 3.63) is 29.0 Å². The molecular formula is C12H9N3O3S. The van der Waals surface area contributed by atoms with Crippen LogP contribution in [0.1, 0.15) is 11.2 Å². The zero-order valence-corrected chi connectivity index (χ0v) is 10.5. The summed E-state index contributed by atoms with van der Waals surface area (Å²) in [4.78, 5) is 27.1.